The summed E-state index contributed by atoms with van der Waals surface area (Å²) >= 11 is 6.11. The first-order chi connectivity index (χ1) is 12.7. The molecule has 5 nitrogen and oxygen atoms in total. The van der Waals surface area contributed by atoms with E-state index >= 15 is 0 Å². The van der Waals surface area contributed by atoms with Crippen molar-refractivity contribution in [3.63, 3.8) is 0 Å². The van der Waals surface area contributed by atoms with E-state index < -0.39 is 6.10 Å². The maximum Gasteiger partial charge on any atom is 0.195 e. The molecule has 4 N–H and O–H groups in total. The zero-order valence-electron chi connectivity index (χ0n) is 15.1. The highest BCUT2D eigenvalue weighted by Gasteiger charge is 2.30. The second-order valence-corrected chi connectivity index (χ2v) is 7.36. The van der Waals surface area contributed by atoms with Gasteiger partial charge in [0.1, 0.15) is 19.2 Å². The molecule has 1 aliphatic rings. The number of furan rings is 1. The second-order valence-electron chi connectivity index (χ2n) is 6.95. The van der Waals surface area contributed by atoms with Gasteiger partial charge in [0.2, 0.25) is 0 Å². The Bertz CT molecular complexity index is 644. The van der Waals surface area contributed by atoms with Gasteiger partial charge in [-0.3, -0.25) is 0 Å². The number of quaternary nitrogens is 2. The lowest BCUT2D eigenvalue weighted by atomic mass is 10.2. The van der Waals surface area contributed by atoms with Crippen molar-refractivity contribution in [3.05, 3.63) is 59.0 Å². The summed E-state index contributed by atoms with van der Waals surface area (Å²) in [5.41, 5.74) is 0.945. The molecule has 2 atom stereocenters. The van der Waals surface area contributed by atoms with Crippen LogP contribution in [0, 0.1) is 0 Å². The van der Waals surface area contributed by atoms with E-state index in [1.54, 1.807) is 11.2 Å². The molecular formula is C20H29ClN2O3+2. The first kappa shape index (κ1) is 19.4. The van der Waals surface area contributed by atoms with Gasteiger partial charge in [0, 0.05) is 17.9 Å². The molecule has 0 radical (unpaired) electrons. The molecule has 3 rings (SSSR count). The smallest absolute Gasteiger partial charge is 0.195 e. The van der Waals surface area contributed by atoms with Crippen molar-refractivity contribution >= 4 is 11.6 Å². The molecule has 2 aromatic rings. The number of aliphatic hydroxyl groups is 1. The molecule has 1 fully saturated rings. The van der Waals surface area contributed by atoms with Crippen molar-refractivity contribution < 1.29 is 24.5 Å². The van der Waals surface area contributed by atoms with E-state index in [1.165, 1.54) is 25.9 Å². The predicted octanol–water partition coefficient (Wildman–Crippen LogP) is 0.794. The highest BCUT2D eigenvalue weighted by atomic mass is 35.5. The topological polar surface area (TPSA) is 63.7 Å². The van der Waals surface area contributed by atoms with Crippen LogP contribution in [-0.2, 0) is 11.3 Å². The fourth-order valence-corrected chi connectivity index (χ4v) is 3.79. The zero-order chi connectivity index (χ0) is 18.2. The molecule has 0 unspecified atom stereocenters. The molecule has 0 saturated carbocycles. The van der Waals surface area contributed by atoms with E-state index in [-0.39, 0.29) is 0 Å². The summed E-state index contributed by atoms with van der Waals surface area (Å²) in [5.74, 6) is 1.04. The molecule has 1 saturated heterocycles. The van der Waals surface area contributed by atoms with Gasteiger partial charge >= 0.3 is 0 Å². The maximum atomic E-state index is 10.2. The minimum Gasteiger partial charge on any atom is -0.463 e. The molecule has 1 aromatic heterocycles. The largest absolute Gasteiger partial charge is 0.463 e. The van der Waals surface area contributed by atoms with Gasteiger partial charge in [0.25, 0.3) is 0 Å². The first-order valence-electron chi connectivity index (χ1n) is 9.43. The summed E-state index contributed by atoms with van der Waals surface area (Å²) < 4.78 is 11.3. The van der Waals surface area contributed by atoms with Gasteiger partial charge in [0.15, 0.2) is 11.8 Å². The Morgan fingerprint density at radius 2 is 1.96 bits per heavy atom. The van der Waals surface area contributed by atoms with E-state index in [2.05, 4.69) is 11.4 Å². The summed E-state index contributed by atoms with van der Waals surface area (Å²) in [7, 11) is 0. The third-order valence-corrected chi connectivity index (χ3v) is 5.36. The summed E-state index contributed by atoms with van der Waals surface area (Å²) in [6, 6.07) is 12.0. The van der Waals surface area contributed by atoms with E-state index in [0.717, 1.165) is 17.9 Å². The number of rotatable bonds is 10. The summed E-state index contributed by atoms with van der Waals surface area (Å²) in [6.07, 6.45) is 3.81. The third-order valence-electron chi connectivity index (χ3n) is 4.99. The monoisotopic (exact) mass is 380 g/mol. The Balaban J connectivity index is 1.39. The molecule has 1 aliphatic heterocycles. The average Bonchev–Trinajstić information content (AvgIpc) is 3.34. The molecule has 142 valence electrons. The van der Waals surface area contributed by atoms with Crippen molar-refractivity contribution in [2.75, 3.05) is 32.8 Å². The second kappa shape index (κ2) is 10.1. The normalized spacial score (nSPS) is 17.5. The lowest BCUT2D eigenvalue weighted by Gasteiger charge is -2.22. The van der Waals surface area contributed by atoms with Crippen LogP contribution in [0.5, 0.6) is 0 Å². The van der Waals surface area contributed by atoms with Crippen LogP contribution in [0.1, 0.15) is 30.2 Å². The molecule has 0 aliphatic carbocycles. The summed E-state index contributed by atoms with van der Waals surface area (Å²) in [6.45, 7) is 4.65. The Kier molecular flexibility index (Phi) is 7.53. The molecule has 0 spiro atoms. The van der Waals surface area contributed by atoms with Gasteiger partial charge in [-0.15, -0.1) is 0 Å². The molecule has 1 aromatic carbocycles. The van der Waals surface area contributed by atoms with Gasteiger partial charge in [-0.2, -0.15) is 0 Å². The lowest BCUT2D eigenvalue weighted by molar-refractivity contribution is -0.935. The van der Waals surface area contributed by atoms with Crippen LogP contribution in [0.25, 0.3) is 0 Å². The van der Waals surface area contributed by atoms with Gasteiger partial charge < -0.3 is 24.5 Å². The number of hydrogen-bond acceptors (Lipinski definition) is 3. The number of nitrogens with one attached hydrogen (secondary N) is 1. The van der Waals surface area contributed by atoms with Gasteiger partial charge in [0.05, 0.1) is 32.6 Å². The van der Waals surface area contributed by atoms with Crippen LogP contribution < -0.4 is 10.2 Å². The van der Waals surface area contributed by atoms with Gasteiger partial charge in [-0.1, -0.05) is 29.8 Å². The van der Waals surface area contributed by atoms with Crippen LogP contribution in [-0.4, -0.2) is 44.0 Å². The van der Waals surface area contributed by atoms with Crippen molar-refractivity contribution in [3.8, 4) is 0 Å². The number of benzene rings is 1. The number of aliphatic hydroxyl groups excluding tert-OH is 1. The molecule has 26 heavy (non-hydrogen) atoms. The molecule has 2 heterocycles. The van der Waals surface area contributed by atoms with Crippen LogP contribution in [0.15, 0.2) is 47.1 Å². The van der Waals surface area contributed by atoms with Crippen molar-refractivity contribution in [2.24, 2.45) is 0 Å². The molecule has 0 bridgehead atoms. The molecule has 6 heteroatoms. The summed E-state index contributed by atoms with van der Waals surface area (Å²) in [4.78, 5) is 1.58. The fraction of sp³-hybridized carbons (Fsp3) is 0.500. The SMILES string of the molecule is O[C@@H](C[NH2+]C[C@H](c1ccco1)[NH+]1CCCC1)COCc1ccccc1Cl. The first-order valence-corrected chi connectivity index (χ1v) is 9.80. The third kappa shape index (κ3) is 5.56. The van der Waals surface area contributed by atoms with Crippen molar-refractivity contribution in [1.82, 2.24) is 0 Å². The number of hydrogen-bond donors (Lipinski definition) is 3. The highest BCUT2D eigenvalue weighted by molar-refractivity contribution is 6.31. The van der Waals surface area contributed by atoms with Crippen LogP contribution in [0.4, 0.5) is 0 Å². The molecular weight excluding hydrogens is 352 g/mol. The maximum absolute atomic E-state index is 10.2. The number of halogens is 1. The van der Waals surface area contributed by atoms with Crippen molar-refractivity contribution in [2.45, 2.75) is 31.6 Å². The summed E-state index contributed by atoms with van der Waals surface area (Å²) in [5, 5.41) is 13.1. The van der Waals surface area contributed by atoms with Crippen molar-refractivity contribution in [1.29, 1.82) is 0 Å². The quantitative estimate of drug-likeness (QED) is 0.571. The van der Waals surface area contributed by atoms with E-state index in [9.17, 15) is 5.11 Å². The molecule has 0 amide bonds. The van der Waals surface area contributed by atoms with E-state index in [4.69, 9.17) is 20.8 Å². The lowest BCUT2D eigenvalue weighted by Crippen LogP contribution is -3.13. The van der Waals surface area contributed by atoms with Gasteiger partial charge in [-0.05, 0) is 23.8 Å². The average molecular weight is 381 g/mol. The Morgan fingerprint density at radius 3 is 2.69 bits per heavy atom. The minimum atomic E-state index is -0.497. The van der Waals surface area contributed by atoms with E-state index in [1.807, 2.05) is 30.3 Å². The minimum absolute atomic E-state index is 0.309. The van der Waals surface area contributed by atoms with E-state index in [0.29, 0.717) is 30.8 Å². The van der Waals surface area contributed by atoms with Crippen LogP contribution in [0.3, 0.4) is 0 Å². The Morgan fingerprint density at radius 1 is 1.15 bits per heavy atom. The highest BCUT2D eigenvalue weighted by Crippen LogP contribution is 2.15. The fourth-order valence-electron chi connectivity index (χ4n) is 3.59. The van der Waals surface area contributed by atoms with Crippen LogP contribution in [0.2, 0.25) is 5.02 Å². The van der Waals surface area contributed by atoms with Gasteiger partial charge in [-0.25, -0.2) is 0 Å². The number of nitrogens with two attached hydrogens (primary N) is 1. The Hall–Kier alpha value is -1.37. The predicted molar refractivity (Wildman–Crippen MR) is 100 cm³/mol. The van der Waals surface area contributed by atoms with Crippen LogP contribution >= 0.6 is 11.6 Å². The number of ether oxygens (including phenoxy) is 1. The Labute approximate surface area is 159 Å². The zero-order valence-corrected chi connectivity index (χ0v) is 15.8. The number of likely N-dealkylation sites (tertiary alicyclic amines) is 1. The standard InChI is InChI=1S/C20H27ClN2O3/c21-18-7-2-1-6-16(18)14-25-15-17(24)12-22-13-19(20-8-5-11-26-20)23-9-3-4-10-23/h1-2,5-8,11,17,19,22,24H,3-4,9-10,12-15H2/p+2/t17-,19+/m0/s1.